The molecule has 3 aromatic heterocycles. The maximum Gasteiger partial charge on any atom is 0.233 e. The molecule has 1 atom stereocenters. The summed E-state index contributed by atoms with van der Waals surface area (Å²) in [6.45, 7) is 5.68. The van der Waals surface area contributed by atoms with Crippen molar-refractivity contribution in [1.82, 2.24) is 29.1 Å². The van der Waals surface area contributed by atoms with Crippen LogP contribution in [-0.2, 0) is 16.6 Å². The summed E-state index contributed by atoms with van der Waals surface area (Å²) in [5.41, 5.74) is 12.4. The molecular formula is C31H31N7O2S. The fourth-order valence-corrected chi connectivity index (χ4v) is 6.10. The van der Waals surface area contributed by atoms with Crippen LogP contribution in [0, 0.1) is 0 Å². The first-order valence-electron chi connectivity index (χ1n) is 13.5. The minimum Gasteiger partial charge on any atom is -0.383 e. The lowest BCUT2D eigenvalue weighted by Crippen LogP contribution is -2.46. The lowest BCUT2D eigenvalue weighted by molar-refractivity contribution is 0.194. The van der Waals surface area contributed by atoms with E-state index < -0.39 is 10.0 Å². The van der Waals surface area contributed by atoms with Crippen molar-refractivity contribution < 1.29 is 8.42 Å². The number of fused-ring (bicyclic) bond motifs is 1. The Labute approximate surface area is 239 Å². The van der Waals surface area contributed by atoms with Gasteiger partial charge in [0.15, 0.2) is 11.5 Å². The van der Waals surface area contributed by atoms with Gasteiger partial charge in [-0.3, -0.25) is 9.47 Å². The molecule has 0 amide bonds. The van der Waals surface area contributed by atoms with Gasteiger partial charge in [0.05, 0.1) is 11.3 Å². The second kappa shape index (κ2) is 11.2. The Morgan fingerprint density at radius 1 is 1.00 bits per heavy atom. The molecule has 1 fully saturated rings. The van der Waals surface area contributed by atoms with Gasteiger partial charge >= 0.3 is 0 Å². The minimum absolute atomic E-state index is 0.124. The third-order valence-corrected chi connectivity index (χ3v) is 8.41. The summed E-state index contributed by atoms with van der Waals surface area (Å²) in [6, 6.07) is 26.0. The highest BCUT2D eigenvalue weighted by Gasteiger charge is 2.23. The number of imidazole rings is 1. The number of anilines is 1. The quantitative estimate of drug-likeness (QED) is 0.278. The molecule has 2 aromatic carbocycles. The Morgan fingerprint density at radius 3 is 2.56 bits per heavy atom. The van der Waals surface area contributed by atoms with Crippen molar-refractivity contribution in [2.45, 2.75) is 25.4 Å². The van der Waals surface area contributed by atoms with Crippen LogP contribution >= 0.6 is 0 Å². The van der Waals surface area contributed by atoms with E-state index in [2.05, 4.69) is 45.5 Å². The SMILES string of the molecule is C=CS(=O)(=O)NC1CCCN(Cc2ccc(-n3c(-c4cccnc4N)nc4ccc(-c5ccccc5)nc43)cc2)C1. The first-order chi connectivity index (χ1) is 19.9. The number of benzene rings is 2. The van der Waals surface area contributed by atoms with Gasteiger partial charge in [-0.15, -0.1) is 0 Å². The predicted octanol–water partition coefficient (Wildman–Crippen LogP) is 4.76. The van der Waals surface area contributed by atoms with Gasteiger partial charge < -0.3 is 5.73 Å². The van der Waals surface area contributed by atoms with E-state index in [4.69, 9.17) is 15.7 Å². The molecule has 10 heteroatoms. The van der Waals surface area contributed by atoms with Crippen LogP contribution in [-0.4, -0.2) is 52.0 Å². The summed E-state index contributed by atoms with van der Waals surface area (Å²) in [4.78, 5) is 16.5. The van der Waals surface area contributed by atoms with Crippen LogP contribution in [0.1, 0.15) is 18.4 Å². The Kier molecular flexibility index (Phi) is 7.36. The number of sulfonamides is 1. The summed E-state index contributed by atoms with van der Waals surface area (Å²) >= 11 is 0. The van der Waals surface area contributed by atoms with E-state index in [1.165, 1.54) is 0 Å². The van der Waals surface area contributed by atoms with Crippen molar-refractivity contribution in [3.05, 3.63) is 103 Å². The number of nitrogens with two attached hydrogens (primary N) is 1. The summed E-state index contributed by atoms with van der Waals surface area (Å²) in [6.07, 6.45) is 3.41. The van der Waals surface area contributed by atoms with Gasteiger partial charge in [-0.25, -0.2) is 28.1 Å². The molecule has 0 spiro atoms. The molecule has 6 rings (SSSR count). The van der Waals surface area contributed by atoms with Gasteiger partial charge in [0.25, 0.3) is 0 Å². The summed E-state index contributed by atoms with van der Waals surface area (Å²) in [5.74, 6) is 1.07. The zero-order valence-corrected chi connectivity index (χ0v) is 23.3. The second-order valence-electron chi connectivity index (χ2n) is 10.2. The van der Waals surface area contributed by atoms with Gasteiger partial charge in [-0.1, -0.05) is 49.0 Å². The normalized spacial score (nSPS) is 16.1. The van der Waals surface area contributed by atoms with Gasteiger partial charge in [-0.05, 0) is 61.3 Å². The number of nitrogen functional groups attached to an aromatic ring is 1. The van der Waals surface area contributed by atoms with Crippen LogP contribution in [0.25, 0.3) is 39.5 Å². The lowest BCUT2D eigenvalue weighted by Gasteiger charge is -2.32. The minimum atomic E-state index is -3.46. The van der Waals surface area contributed by atoms with Crippen molar-refractivity contribution >= 4 is 27.0 Å². The Balaban J connectivity index is 1.34. The number of nitrogens with one attached hydrogen (secondary N) is 1. The Morgan fingerprint density at radius 2 is 1.80 bits per heavy atom. The third-order valence-electron chi connectivity index (χ3n) is 7.31. The van der Waals surface area contributed by atoms with Crippen LogP contribution in [0.15, 0.2) is 97.0 Å². The van der Waals surface area contributed by atoms with Crippen molar-refractivity contribution in [1.29, 1.82) is 0 Å². The highest BCUT2D eigenvalue weighted by molar-refractivity contribution is 7.92. The van der Waals surface area contributed by atoms with Gasteiger partial charge in [0.2, 0.25) is 10.0 Å². The maximum absolute atomic E-state index is 12.0. The smallest absolute Gasteiger partial charge is 0.233 e. The third kappa shape index (κ3) is 5.76. The fourth-order valence-electron chi connectivity index (χ4n) is 5.34. The Hall–Kier alpha value is -4.38. The first kappa shape index (κ1) is 26.8. The molecule has 1 saturated heterocycles. The van der Waals surface area contributed by atoms with Crippen molar-refractivity contribution in [3.63, 3.8) is 0 Å². The second-order valence-corrected chi connectivity index (χ2v) is 11.8. The molecule has 1 aliphatic rings. The van der Waals surface area contributed by atoms with Crippen LogP contribution in [0.3, 0.4) is 0 Å². The molecule has 0 bridgehead atoms. The summed E-state index contributed by atoms with van der Waals surface area (Å²) < 4.78 is 28.7. The van der Waals surface area contributed by atoms with Crippen molar-refractivity contribution in [2.24, 2.45) is 0 Å². The van der Waals surface area contributed by atoms with Gasteiger partial charge in [0, 0.05) is 42.0 Å². The zero-order valence-electron chi connectivity index (χ0n) is 22.5. The van der Waals surface area contributed by atoms with Crippen LogP contribution < -0.4 is 10.5 Å². The van der Waals surface area contributed by atoms with Crippen molar-refractivity contribution in [2.75, 3.05) is 18.8 Å². The molecule has 5 aromatic rings. The number of pyridine rings is 2. The number of likely N-dealkylation sites (tertiary alicyclic amines) is 1. The molecule has 0 aliphatic carbocycles. The van der Waals surface area contributed by atoms with Crippen LogP contribution in [0.5, 0.6) is 0 Å². The average molecular weight is 566 g/mol. The van der Waals surface area contributed by atoms with Crippen LogP contribution in [0.2, 0.25) is 0 Å². The van der Waals surface area contributed by atoms with E-state index in [1.54, 1.807) is 6.20 Å². The average Bonchev–Trinajstić information content (AvgIpc) is 3.37. The molecule has 41 heavy (non-hydrogen) atoms. The molecule has 1 aliphatic heterocycles. The zero-order chi connectivity index (χ0) is 28.4. The van der Waals surface area contributed by atoms with E-state index in [0.717, 1.165) is 70.6 Å². The molecule has 1 unspecified atom stereocenters. The van der Waals surface area contributed by atoms with Gasteiger partial charge in [-0.2, -0.15) is 0 Å². The summed E-state index contributed by atoms with van der Waals surface area (Å²) in [5, 5.41) is 0.968. The first-order valence-corrected chi connectivity index (χ1v) is 15.1. The number of piperidine rings is 1. The molecule has 0 saturated carbocycles. The molecule has 208 valence electrons. The number of hydrogen-bond acceptors (Lipinski definition) is 7. The van der Waals surface area contributed by atoms with E-state index >= 15 is 0 Å². The molecule has 9 nitrogen and oxygen atoms in total. The number of hydrogen-bond donors (Lipinski definition) is 2. The maximum atomic E-state index is 12.0. The highest BCUT2D eigenvalue weighted by atomic mass is 32.2. The molecule has 0 radical (unpaired) electrons. The lowest BCUT2D eigenvalue weighted by atomic mass is 10.1. The Bertz CT molecular complexity index is 1800. The monoisotopic (exact) mass is 565 g/mol. The molecule has 3 N–H and O–H groups in total. The van der Waals surface area contributed by atoms with E-state index in [0.29, 0.717) is 18.2 Å². The molecule has 4 heterocycles. The standard InChI is InChI=1S/C31H31N7O2S/c1-2-41(39,40)36-24-10-7-19-37(21-24)20-22-12-14-25(15-13-22)38-30(26-11-6-18-33-29(26)32)35-28-17-16-27(34-31(28)38)23-8-4-3-5-9-23/h2-6,8-9,11-18,24,36H,1,7,10,19-21H2,(H2,32,33). The number of aromatic nitrogens is 4. The van der Waals surface area contributed by atoms with E-state index in [9.17, 15) is 8.42 Å². The van der Waals surface area contributed by atoms with Crippen LogP contribution in [0.4, 0.5) is 5.82 Å². The van der Waals surface area contributed by atoms with Crippen molar-refractivity contribution in [3.8, 4) is 28.3 Å². The van der Waals surface area contributed by atoms with E-state index in [-0.39, 0.29) is 6.04 Å². The fraction of sp³-hybridized carbons (Fsp3) is 0.194. The number of rotatable bonds is 8. The number of nitrogens with zero attached hydrogens (tertiary/aromatic N) is 5. The highest BCUT2D eigenvalue weighted by Crippen LogP contribution is 2.32. The van der Waals surface area contributed by atoms with Gasteiger partial charge in [0.1, 0.15) is 11.3 Å². The predicted molar refractivity (Wildman–Crippen MR) is 162 cm³/mol. The molecular weight excluding hydrogens is 534 g/mol. The summed E-state index contributed by atoms with van der Waals surface area (Å²) in [7, 11) is -3.46. The van der Waals surface area contributed by atoms with E-state index in [1.807, 2.05) is 59.2 Å². The topological polar surface area (TPSA) is 119 Å². The largest absolute Gasteiger partial charge is 0.383 e.